The molecule has 0 aliphatic heterocycles. The van der Waals surface area contributed by atoms with Gasteiger partial charge in [-0.25, -0.2) is 0 Å². The predicted molar refractivity (Wildman–Crippen MR) is 98.6 cm³/mol. The van der Waals surface area contributed by atoms with Gasteiger partial charge in [0.05, 0.1) is 23.9 Å². The quantitative estimate of drug-likeness (QED) is 0.135. The van der Waals surface area contributed by atoms with Gasteiger partial charge in [0.2, 0.25) is 0 Å². The number of hydrogen-bond donors (Lipinski definition) is 10. The number of rotatable bonds is 10. The zero-order chi connectivity index (χ0) is 22.6. The van der Waals surface area contributed by atoms with E-state index in [1.807, 2.05) is 0 Å². The molecule has 11 nitrogen and oxygen atoms in total. The molecule has 0 bridgehead atoms. The molecule has 1 aliphatic carbocycles. The van der Waals surface area contributed by atoms with Crippen LogP contribution < -0.4 is 0 Å². The molecule has 0 spiro atoms. The van der Waals surface area contributed by atoms with E-state index >= 15 is 0 Å². The van der Waals surface area contributed by atoms with E-state index in [1.165, 1.54) is 13.8 Å². The van der Waals surface area contributed by atoms with E-state index < -0.39 is 59.9 Å². The van der Waals surface area contributed by atoms with Crippen LogP contribution in [0.2, 0.25) is 0 Å². The van der Waals surface area contributed by atoms with Crippen molar-refractivity contribution >= 4 is 0 Å². The fraction of sp³-hybridized carbons (Fsp3) is 0.889. The zero-order valence-corrected chi connectivity index (χ0v) is 16.6. The van der Waals surface area contributed by atoms with Crippen LogP contribution in [0.1, 0.15) is 46.0 Å². The van der Waals surface area contributed by atoms with Crippen molar-refractivity contribution in [3.63, 3.8) is 0 Å². The summed E-state index contributed by atoms with van der Waals surface area (Å²) in [6.07, 6.45) is -9.11. The molecule has 11 heteroatoms. The summed E-state index contributed by atoms with van der Waals surface area (Å²) >= 11 is 0. The highest BCUT2D eigenvalue weighted by atomic mass is 16.6. The average molecular weight is 426 g/mol. The molecule has 172 valence electrons. The van der Waals surface area contributed by atoms with Crippen LogP contribution in [0, 0.1) is 0 Å². The third kappa shape index (κ3) is 5.57. The van der Waals surface area contributed by atoms with Gasteiger partial charge in [0.25, 0.3) is 0 Å². The Bertz CT molecular complexity index is 552. The van der Waals surface area contributed by atoms with E-state index in [-0.39, 0.29) is 38.4 Å². The maximum atomic E-state index is 10.6. The number of ether oxygens (including phenoxy) is 1. The first kappa shape index (κ1) is 26.0. The van der Waals surface area contributed by atoms with Gasteiger partial charge in [-0.15, -0.1) is 0 Å². The molecule has 1 fully saturated rings. The summed E-state index contributed by atoms with van der Waals surface area (Å²) in [6.45, 7) is 2.04. The Morgan fingerprint density at radius 3 is 2.24 bits per heavy atom. The van der Waals surface area contributed by atoms with Crippen LogP contribution in [0.25, 0.3) is 0 Å². The minimum absolute atomic E-state index is 0.0818. The fourth-order valence-electron chi connectivity index (χ4n) is 3.65. The highest BCUT2D eigenvalue weighted by Gasteiger charge is 2.59. The molecule has 29 heavy (non-hydrogen) atoms. The molecule has 0 heterocycles. The largest absolute Gasteiger partial charge is 0.512 e. The van der Waals surface area contributed by atoms with Gasteiger partial charge in [0, 0.05) is 0 Å². The van der Waals surface area contributed by atoms with Crippen molar-refractivity contribution in [2.45, 2.75) is 93.5 Å². The molecular formula is C18H34O11. The molecule has 7 atom stereocenters. The van der Waals surface area contributed by atoms with E-state index in [0.717, 1.165) is 0 Å². The van der Waals surface area contributed by atoms with E-state index in [2.05, 4.69) is 0 Å². The van der Waals surface area contributed by atoms with Crippen molar-refractivity contribution in [1.29, 1.82) is 0 Å². The summed E-state index contributed by atoms with van der Waals surface area (Å²) in [7, 11) is 0. The summed E-state index contributed by atoms with van der Waals surface area (Å²) in [4.78, 5) is 0. The fourth-order valence-corrected chi connectivity index (χ4v) is 3.65. The number of aliphatic hydroxyl groups excluding tert-OH is 8. The normalized spacial score (nSPS) is 35.3. The minimum Gasteiger partial charge on any atom is -0.512 e. The van der Waals surface area contributed by atoms with Crippen LogP contribution in [-0.4, -0.2) is 105 Å². The molecule has 0 radical (unpaired) electrons. The number of hydrogen-bond acceptors (Lipinski definition) is 11. The molecule has 0 aromatic heterocycles. The van der Waals surface area contributed by atoms with Gasteiger partial charge in [-0.1, -0.05) is 0 Å². The second-order valence-electron chi connectivity index (χ2n) is 8.15. The van der Waals surface area contributed by atoms with E-state index in [4.69, 9.17) is 9.84 Å². The summed E-state index contributed by atoms with van der Waals surface area (Å²) < 4.78 is 5.82. The van der Waals surface area contributed by atoms with E-state index in [1.54, 1.807) is 0 Å². The van der Waals surface area contributed by atoms with Crippen LogP contribution in [0.3, 0.4) is 0 Å². The molecule has 1 saturated carbocycles. The van der Waals surface area contributed by atoms with Crippen LogP contribution in [0.4, 0.5) is 0 Å². The van der Waals surface area contributed by atoms with Gasteiger partial charge in [-0.2, -0.15) is 0 Å². The Morgan fingerprint density at radius 2 is 1.76 bits per heavy atom. The average Bonchev–Trinajstić information content (AvgIpc) is 2.67. The first-order valence-electron chi connectivity index (χ1n) is 9.43. The highest BCUT2D eigenvalue weighted by molar-refractivity contribution is 5.19. The standard InChI is InChI=1S/C18H34O11/c1-16(28)6-7-18(11(22)9-20,13(24)12(16)23)29-17(2,14(25)15(26)27)5-3-4-10(21)8-19/h9-10,12-15,19-28H,3-8H2,1-2H3/b11-9-. The maximum absolute atomic E-state index is 10.6. The topological polar surface area (TPSA) is 212 Å². The van der Waals surface area contributed by atoms with Crippen LogP contribution in [0.15, 0.2) is 12.0 Å². The molecular weight excluding hydrogens is 392 g/mol. The van der Waals surface area contributed by atoms with Gasteiger partial charge in [0.15, 0.2) is 17.7 Å². The Morgan fingerprint density at radius 1 is 1.17 bits per heavy atom. The number of aliphatic hydroxyl groups is 10. The zero-order valence-electron chi connectivity index (χ0n) is 16.6. The SMILES string of the molecule is CC1(O)CCC(OC(C)(CCCC(O)CO)C(O)C(O)O)(/C(O)=C/O)C(O)C1O. The van der Waals surface area contributed by atoms with Crippen molar-refractivity contribution in [3.05, 3.63) is 12.0 Å². The van der Waals surface area contributed by atoms with Crippen LogP contribution in [-0.2, 0) is 4.74 Å². The first-order valence-corrected chi connectivity index (χ1v) is 9.43. The first-order chi connectivity index (χ1) is 13.3. The third-order valence-corrected chi connectivity index (χ3v) is 5.72. The lowest BCUT2D eigenvalue weighted by Gasteiger charge is -2.52. The summed E-state index contributed by atoms with van der Waals surface area (Å²) in [5, 5.41) is 98.5. The predicted octanol–water partition coefficient (Wildman–Crippen LogP) is -2.08. The van der Waals surface area contributed by atoms with Gasteiger partial charge in [-0.05, 0) is 46.0 Å². The molecule has 1 aliphatic rings. The van der Waals surface area contributed by atoms with Crippen molar-refractivity contribution in [3.8, 4) is 0 Å². The Hall–Kier alpha value is -1.02. The molecule has 1 rings (SSSR count). The van der Waals surface area contributed by atoms with Crippen molar-refractivity contribution in [2.75, 3.05) is 6.61 Å². The molecule has 0 amide bonds. The maximum Gasteiger partial charge on any atom is 0.181 e. The van der Waals surface area contributed by atoms with Crippen molar-refractivity contribution < 1.29 is 55.8 Å². The Labute approximate surface area is 168 Å². The monoisotopic (exact) mass is 426 g/mol. The molecule has 0 aromatic carbocycles. The van der Waals surface area contributed by atoms with E-state index in [0.29, 0.717) is 0 Å². The molecule has 0 aromatic rings. The lowest BCUT2D eigenvalue weighted by atomic mass is 9.71. The Kier molecular flexibility index (Phi) is 8.84. The lowest BCUT2D eigenvalue weighted by molar-refractivity contribution is -0.294. The van der Waals surface area contributed by atoms with Crippen molar-refractivity contribution in [1.82, 2.24) is 0 Å². The van der Waals surface area contributed by atoms with Crippen molar-refractivity contribution in [2.24, 2.45) is 0 Å². The summed E-state index contributed by atoms with van der Waals surface area (Å²) in [6, 6.07) is 0. The molecule has 7 unspecified atom stereocenters. The van der Waals surface area contributed by atoms with Gasteiger partial charge >= 0.3 is 0 Å². The lowest BCUT2D eigenvalue weighted by Crippen LogP contribution is -2.67. The third-order valence-electron chi connectivity index (χ3n) is 5.72. The summed E-state index contributed by atoms with van der Waals surface area (Å²) in [5.74, 6) is -0.888. The van der Waals surface area contributed by atoms with E-state index in [9.17, 15) is 46.0 Å². The smallest absolute Gasteiger partial charge is 0.181 e. The second-order valence-corrected chi connectivity index (χ2v) is 8.15. The van der Waals surface area contributed by atoms with Gasteiger partial charge < -0.3 is 55.8 Å². The van der Waals surface area contributed by atoms with Crippen LogP contribution in [0.5, 0.6) is 0 Å². The highest BCUT2D eigenvalue weighted by Crippen LogP contribution is 2.45. The summed E-state index contributed by atoms with van der Waals surface area (Å²) in [5.41, 5.74) is -5.74. The molecule has 0 saturated heterocycles. The second kappa shape index (κ2) is 9.86. The Balaban J connectivity index is 3.28. The van der Waals surface area contributed by atoms with Gasteiger partial charge in [0.1, 0.15) is 24.6 Å². The van der Waals surface area contributed by atoms with Crippen LogP contribution >= 0.6 is 0 Å². The minimum atomic E-state index is -2.27. The van der Waals surface area contributed by atoms with Gasteiger partial charge in [-0.3, -0.25) is 0 Å². The molecule has 10 N–H and O–H groups in total.